The van der Waals surface area contributed by atoms with Crippen LogP contribution in [0.4, 0.5) is 17.1 Å². The van der Waals surface area contributed by atoms with E-state index < -0.39 is 0 Å². The van der Waals surface area contributed by atoms with Crippen molar-refractivity contribution in [2.45, 2.75) is 6.42 Å². The minimum atomic E-state index is -0.212. The van der Waals surface area contributed by atoms with Crippen LogP contribution in [-0.4, -0.2) is 24.2 Å². The molecule has 6 nitrogen and oxygen atoms in total. The van der Waals surface area contributed by atoms with Crippen LogP contribution in [0.15, 0.2) is 60.9 Å². The Morgan fingerprint density at radius 1 is 1.04 bits per heavy atom. The number of carbonyl (C=O) groups is 1. The third kappa shape index (κ3) is 2.85. The largest absolute Gasteiger partial charge is 0.454 e. The molecule has 134 valence electrons. The molecule has 0 spiro atoms. The Morgan fingerprint density at radius 2 is 1.93 bits per heavy atom. The summed E-state index contributed by atoms with van der Waals surface area (Å²) < 4.78 is 10.6. The third-order valence-corrected chi connectivity index (χ3v) is 4.82. The van der Waals surface area contributed by atoms with Gasteiger partial charge in [-0.25, -0.2) is 0 Å². The summed E-state index contributed by atoms with van der Waals surface area (Å²) >= 11 is 0. The Balaban J connectivity index is 1.38. The molecule has 3 aromatic rings. The normalized spacial score (nSPS) is 14.1. The summed E-state index contributed by atoms with van der Waals surface area (Å²) in [6, 6.07) is 15.5. The molecular weight excluding hydrogens is 342 g/mol. The number of anilines is 3. The lowest BCUT2D eigenvalue weighted by atomic mass is 10.2. The lowest BCUT2D eigenvalue weighted by Crippen LogP contribution is -2.16. The molecule has 1 amide bonds. The van der Waals surface area contributed by atoms with Gasteiger partial charge in [0.1, 0.15) is 0 Å². The Labute approximate surface area is 156 Å². The lowest BCUT2D eigenvalue weighted by molar-refractivity contribution is 0.102. The Kier molecular flexibility index (Phi) is 3.67. The van der Waals surface area contributed by atoms with Crippen LogP contribution < -0.4 is 19.7 Å². The molecule has 2 aromatic carbocycles. The second-order valence-corrected chi connectivity index (χ2v) is 6.48. The maximum absolute atomic E-state index is 12.7. The van der Waals surface area contributed by atoms with Gasteiger partial charge in [0.15, 0.2) is 11.5 Å². The number of nitrogens with zero attached hydrogens (tertiary/aromatic N) is 2. The molecule has 0 aliphatic carbocycles. The number of carbonyl (C=O) groups excluding carboxylic acids is 1. The van der Waals surface area contributed by atoms with E-state index in [1.54, 1.807) is 30.6 Å². The van der Waals surface area contributed by atoms with E-state index in [1.165, 1.54) is 11.3 Å². The molecule has 0 radical (unpaired) electrons. The fourth-order valence-corrected chi connectivity index (χ4v) is 3.48. The highest BCUT2D eigenvalue weighted by atomic mass is 16.7. The number of pyridine rings is 1. The van der Waals surface area contributed by atoms with Gasteiger partial charge in [0, 0.05) is 30.2 Å². The van der Waals surface area contributed by atoms with Gasteiger partial charge in [0.25, 0.3) is 5.91 Å². The predicted octanol–water partition coefficient (Wildman–Crippen LogP) is 3.76. The van der Waals surface area contributed by atoms with E-state index in [0.717, 1.165) is 18.7 Å². The van der Waals surface area contributed by atoms with E-state index in [4.69, 9.17) is 9.47 Å². The Morgan fingerprint density at radius 3 is 2.89 bits per heavy atom. The molecule has 1 N–H and O–H groups in total. The topological polar surface area (TPSA) is 63.7 Å². The van der Waals surface area contributed by atoms with Gasteiger partial charge in [0.05, 0.1) is 17.4 Å². The zero-order valence-corrected chi connectivity index (χ0v) is 14.5. The highest BCUT2D eigenvalue weighted by molar-refractivity contribution is 6.04. The van der Waals surface area contributed by atoms with Crippen LogP contribution >= 0.6 is 0 Å². The number of nitrogens with one attached hydrogen (secondary N) is 1. The number of aromatic nitrogens is 1. The Bertz CT molecular complexity index is 1030. The summed E-state index contributed by atoms with van der Waals surface area (Å²) in [4.78, 5) is 19.2. The van der Waals surface area contributed by atoms with Gasteiger partial charge < -0.3 is 19.7 Å². The van der Waals surface area contributed by atoms with Crippen molar-refractivity contribution in [2.24, 2.45) is 0 Å². The number of rotatable bonds is 3. The molecule has 0 saturated carbocycles. The van der Waals surface area contributed by atoms with Crippen LogP contribution in [0.2, 0.25) is 0 Å². The van der Waals surface area contributed by atoms with Crippen LogP contribution in [0.1, 0.15) is 15.9 Å². The molecule has 6 heteroatoms. The molecule has 0 unspecified atom stereocenters. The van der Waals surface area contributed by atoms with Gasteiger partial charge in [-0.1, -0.05) is 18.2 Å². The first-order valence-corrected chi connectivity index (χ1v) is 8.79. The second-order valence-electron chi connectivity index (χ2n) is 6.48. The van der Waals surface area contributed by atoms with Gasteiger partial charge in [-0.2, -0.15) is 0 Å². The van der Waals surface area contributed by atoms with Crippen LogP contribution in [0.5, 0.6) is 11.5 Å². The summed E-state index contributed by atoms with van der Waals surface area (Å²) in [6.45, 7) is 1.09. The van der Waals surface area contributed by atoms with Gasteiger partial charge in [-0.3, -0.25) is 9.78 Å². The van der Waals surface area contributed by atoms with E-state index in [1.807, 2.05) is 12.1 Å². The number of hydrogen-bond acceptors (Lipinski definition) is 5. The summed E-state index contributed by atoms with van der Waals surface area (Å²) in [5.74, 6) is 1.11. The average Bonchev–Trinajstić information content (AvgIpc) is 3.34. The maximum atomic E-state index is 12.7. The number of benzene rings is 2. The minimum Gasteiger partial charge on any atom is -0.454 e. The van der Waals surface area contributed by atoms with Crippen molar-refractivity contribution in [3.05, 3.63) is 72.1 Å². The number of para-hydroxylation sites is 1. The molecule has 3 heterocycles. The van der Waals surface area contributed by atoms with E-state index in [9.17, 15) is 4.79 Å². The highest BCUT2D eigenvalue weighted by Gasteiger charge is 2.21. The van der Waals surface area contributed by atoms with Crippen LogP contribution in [0, 0.1) is 0 Å². The summed E-state index contributed by atoms with van der Waals surface area (Å²) in [7, 11) is 0. The highest BCUT2D eigenvalue weighted by Crippen LogP contribution is 2.35. The van der Waals surface area contributed by atoms with Crippen molar-refractivity contribution in [2.75, 3.05) is 23.6 Å². The van der Waals surface area contributed by atoms with Crippen molar-refractivity contribution in [1.29, 1.82) is 0 Å². The van der Waals surface area contributed by atoms with Crippen molar-refractivity contribution in [1.82, 2.24) is 4.98 Å². The smallest absolute Gasteiger partial charge is 0.257 e. The van der Waals surface area contributed by atoms with E-state index in [2.05, 4.69) is 33.4 Å². The van der Waals surface area contributed by atoms with E-state index in [-0.39, 0.29) is 12.7 Å². The first kappa shape index (κ1) is 15.7. The summed E-state index contributed by atoms with van der Waals surface area (Å²) in [5, 5.41) is 2.89. The quantitative estimate of drug-likeness (QED) is 0.771. The third-order valence-electron chi connectivity index (χ3n) is 4.82. The minimum absolute atomic E-state index is 0.204. The first-order chi connectivity index (χ1) is 13.3. The van der Waals surface area contributed by atoms with Gasteiger partial charge in [0.2, 0.25) is 6.79 Å². The SMILES string of the molecule is O=C(Nc1ccc2c(c1)OCO2)c1cncc(N2CCc3ccccc32)c1. The molecule has 2 aliphatic heterocycles. The number of amides is 1. The maximum Gasteiger partial charge on any atom is 0.257 e. The van der Waals surface area contributed by atoms with Gasteiger partial charge in [-0.05, 0) is 36.2 Å². The molecule has 2 aliphatic rings. The van der Waals surface area contributed by atoms with Crippen LogP contribution in [0.3, 0.4) is 0 Å². The van der Waals surface area contributed by atoms with Crippen LogP contribution in [0.25, 0.3) is 0 Å². The lowest BCUT2D eigenvalue weighted by Gasteiger charge is -2.19. The summed E-state index contributed by atoms with van der Waals surface area (Å²) in [5.41, 5.74) is 4.56. The van der Waals surface area contributed by atoms with Crippen molar-refractivity contribution in [3.8, 4) is 11.5 Å². The zero-order chi connectivity index (χ0) is 18.2. The molecule has 5 rings (SSSR count). The zero-order valence-electron chi connectivity index (χ0n) is 14.5. The molecule has 0 bridgehead atoms. The molecular formula is C21H17N3O3. The number of hydrogen-bond donors (Lipinski definition) is 1. The standard InChI is InChI=1S/C21H17N3O3/c25-21(23-16-5-6-19-20(10-16)27-13-26-19)15-9-17(12-22-11-15)24-8-7-14-3-1-2-4-18(14)24/h1-6,9-12H,7-8,13H2,(H,23,25). The fourth-order valence-electron chi connectivity index (χ4n) is 3.48. The number of fused-ring (bicyclic) bond motifs is 2. The molecule has 0 fully saturated rings. The Hall–Kier alpha value is -3.54. The fraction of sp³-hybridized carbons (Fsp3) is 0.143. The van der Waals surface area contributed by atoms with Crippen molar-refractivity contribution in [3.63, 3.8) is 0 Å². The molecule has 27 heavy (non-hydrogen) atoms. The first-order valence-electron chi connectivity index (χ1n) is 8.79. The van der Waals surface area contributed by atoms with Gasteiger partial charge >= 0.3 is 0 Å². The molecule has 0 atom stereocenters. The predicted molar refractivity (Wildman–Crippen MR) is 102 cm³/mol. The molecule has 1 aromatic heterocycles. The van der Waals surface area contributed by atoms with E-state index in [0.29, 0.717) is 22.7 Å². The van der Waals surface area contributed by atoms with Gasteiger partial charge in [-0.15, -0.1) is 0 Å². The van der Waals surface area contributed by atoms with E-state index >= 15 is 0 Å². The monoisotopic (exact) mass is 359 g/mol. The number of ether oxygens (including phenoxy) is 2. The van der Waals surface area contributed by atoms with Crippen molar-refractivity contribution < 1.29 is 14.3 Å². The van der Waals surface area contributed by atoms with Crippen molar-refractivity contribution >= 4 is 23.0 Å². The van der Waals surface area contributed by atoms with Crippen LogP contribution in [-0.2, 0) is 6.42 Å². The second kappa shape index (κ2) is 6.32. The average molecular weight is 359 g/mol. The summed E-state index contributed by atoms with van der Waals surface area (Å²) in [6.07, 6.45) is 4.36. The molecule has 0 saturated heterocycles.